The lowest BCUT2D eigenvalue weighted by atomic mass is 10.0. The average molecular weight is 615 g/mol. The molecule has 0 saturated carbocycles. The van der Waals surface area contributed by atoms with E-state index in [4.69, 9.17) is 21.1 Å². The molecule has 0 aliphatic carbocycles. The Morgan fingerprint density at radius 1 is 1.05 bits per heavy atom. The van der Waals surface area contributed by atoms with Crippen molar-refractivity contribution in [1.29, 1.82) is 0 Å². The molecule has 0 amide bonds. The Morgan fingerprint density at radius 3 is 2.60 bits per heavy atom. The highest BCUT2D eigenvalue weighted by Crippen LogP contribution is 2.47. The number of rotatable bonds is 10. The van der Waals surface area contributed by atoms with Gasteiger partial charge in [0.1, 0.15) is 12.4 Å². The van der Waals surface area contributed by atoms with Crippen molar-refractivity contribution in [1.82, 2.24) is 9.55 Å². The molecule has 8 heteroatoms. The second-order valence-electron chi connectivity index (χ2n) is 10.3. The van der Waals surface area contributed by atoms with E-state index in [1.165, 1.54) is 39.7 Å². The van der Waals surface area contributed by atoms with Gasteiger partial charge in [0.25, 0.3) is 0 Å². The first-order chi connectivity index (χ1) is 20.5. The van der Waals surface area contributed by atoms with Gasteiger partial charge in [0.2, 0.25) is 0 Å². The highest BCUT2D eigenvalue weighted by molar-refractivity contribution is 8.00. The smallest absolute Gasteiger partial charge is 0.315 e. The van der Waals surface area contributed by atoms with E-state index in [2.05, 4.69) is 58.9 Å². The summed E-state index contributed by atoms with van der Waals surface area (Å²) in [5.41, 5.74) is 7.94. The van der Waals surface area contributed by atoms with Gasteiger partial charge in [0.05, 0.1) is 24.1 Å². The lowest BCUT2D eigenvalue weighted by Crippen LogP contribution is -2.10. The Morgan fingerprint density at radius 2 is 1.86 bits per heavy atom. The number of hydrogen-bond donors (Lipinski definition) is 0. The molecule has 1 atom stereocenters. The Kier molecular flexibility index (Phi) is 8.79. The number of halogens is 1. The molecule has 0 spiro atoms. The van der Waals surface area contributed by atoms with E-state index < -0.39 is 0 Å². The van der Waals surface area contributed by atoms with Gasteiger partial charge < -0.3 is 14.0 Å². The van der Waals surface area contributed by atoms with Crippen LogP contribution in [0.3, 0.4) is 0 Å². The van der Waals surface area contributed by atoms with E-state index in [1.54, 1.807) is 11.8 Å². The summed E-state index contributed by atoms with van der Waals surface area (Å²) in [6, 6.07) is 26.7. The third kappa shape index (κ3) is 6.19. The van der Waals surface area contributed by atoms with E-state index in [0.29, 0.717) is 29.9 Å². The molecule has 3 aromatic carbocycles. The van der Waals surface area contributed by atoms with Crippen molar-refractivity contribution in [3.8, 4) is 16.9 Å². The molecule has 0 N–H and O–H groups in total. The summed E-state index contributed by atoms with van der Waals surface area (Å²) in [6.45, 7) is 3.38. The minimum atomic E-state index is -0.211. The first-order valence-electron chi connectivity index (χ1n) is 13.9. The zero-order valence-electron chi connectivity index (χ0n) is 23.5. The van der Waals surface area contributed by atoms with Crippen LogP contribution < -0.4 is 4.74 Å². The molecule has 0 saturated heterocycles. The molecular formula is C34H31ClN2O3S2. The molecular weight excluding hydrogens is 584 g/mol. The van der Waals surface area contributed by atoms with Crippen LogP contribution in [0.1, 0.15) is 29.4 Å². The van der Waals surface area contributed by atoms with Gasteiger partial charge in [-0.3, -0.25) is 9.78 Å². The summed E-state index contributed by atoms with van der Waals surface area (Å²) >= 11 is 9.67. The normalized spacial score (nSPS) is 14.2. The number of benzene rings is 3. The highest BCUT2D eigenvalue weighted by Gasteiger charge is 2.29. The van der Waals surface area contributed by atoms with Crippen molar-refractivity contribution < 1.29 is 14.3 Å². The van der Waals surface area contributed by atoms with Crippen molar-refractivity contribution in [2.24, 2.45) is 0 Å². The van der Waals surface area contributed by atoms with Gasteiger partial charge in [-0.15, -0.1) is 23.5 Å². The van der Waals surface area contributed by atoms with Gasteiger partial charge in [-0.2, -0.15) is 0 Å². The minimum absolute atomic E-state index is 0.211. The molecule has 3 heterocycles. The summed E-state index contributed by atoms with van der Waals surface area (Å²) < 4.78 is 13.7. The molecule has 6 rings (SSSR count). The Hall–Kier alpha value is -3.39. The molecule has 0 fully saturated rings. The Balaban J connectivity index is 1.32. The monoisotopic (exact) mass is 614 g/mol. The number of esters is 1. The van der Waals surface area contributed by atoms with Crippen LogP contribution in [0.2, 0.25) is 5.02 Å². The summed E-state index contributed by atoms with van der Waals surface area (Å²) in [7, 11) is 1.43. The quantitative estimate of drug-likeness (QED) is 0.147. The lowest BCUT2D eigenvalue weighted by molar-refractivity contribution is -0.137. The second kappa shape index (κ2) is 12.9. The van der Waals surface area contributed by atoms with Crippen LogP contribution >= 0.6 is 35.1 Å². The van der Waals surface area contributed by atoms with E-state index in [1.807, 2.05) is 54.4 Å². The third-order valence-electron chi connectivity index (χ3n) is 7.41. The van der Waals surface area contributed by atoms with Gasteiger partial charge in [0, 0.05) is 55.9 Å². The van der Waals surface area contributed by atoms with Crippen molar-refractivity contribution in [2.75, 3.05) is 12.9 Å². The minimum Gasteiger partial charge on any atom is -0.487 e. The predicted octanol–water partition coefficient (Wildman–Crippen LogP) is 8.43. The number of hydrogen-bond acceptors (Lipinski definition) is 6. The predicted molar refractivity (Wildman–Crippen MR) is 174 cm³/mol. The number of nitrogens with zero attached hydrogens (tertiary/aromatic N) is 2. The first kappa shape index (κ1) is 28.7. The maximum absolute atomic E-state index is 11.9. The third-order valence-corrected chi connectivity index (χ3v) is 9.83. The van der Waals surface area contributed by atoms with Crippen LogP contribution in [0.5, 0.6) is 5.75 Å². The number of thioether (sulfide) groups is 2. The summed E-state index contributed by atoms with van der Waals surface area (Å²) in [5, 5.41) is 2.37. The van der Waals surface area contributed by atoms with E-state index >= 15 is 0 Å². The topological polar surface area (TPSA) is 53.4 Å². The molecule has 0 bridgehead atoms. The molecule has 5 aromatic rings. The fraction of sp³-hybridized carbons (Fsp3) is 0.235. The number of ether oxygens (including phenoxy) is 2. The molecule has 0 radical (unpaired) electrons. The van der Waals surface area contributed by atoms with Crippen LogP contribution in [0, 0.1) is 0 Å². The standard InChI is InChI=1S/C34H31ClN2O3S2/c1-22-16-28-31(40-19-27-13-10-25(17-36-27)24-6-4-3-5-7-24)15-14-29-33(28)34(42-22)30(20-41-21-32(38)39-2)37(29)18-23-8-11-26(35)12-9-23/h3-15,17,22H,16,18-21H2,1-2H3. The number of carbonyl (C=O) groups is 1. The molecule has 1 aliphatic heterocycles. The van der Waals surface area contributed by atoms with E-state index in [-0.39, 0.29) is 5.97 Å². The number of carbonyl (C=O) groups excluding carboxylic acids is 1. The number of aromatic nitrogens is 2. The fourth-order valence-corrected chi connectivity index (χ4v) is 7.77. The molecule has 5 nitrogen and oxygen atoms in total. The molecule has 214 valence electrons. The van der Waals surface area contributed by atoms with Crippen molar-refractivity contribution in [3.05, 3.63) is 113 Å². The Bertz CT molecular complexity index is 1700. The van der Waals surface area contributed by atoms with Gasteiger partial charge >= 0.3 is 5.97 Å². The summed E-state index contributed by atoms with van der Waals surface area (Å²) in [6.07, 6.45) is 2.83. The van der Waals surface area contributed by atoms with Crippen LogP contribution in [0.15, 0.2) is 90.0 Å². The zero-order chi connectivity index (χ0) is 29.1. The van der Waals surface area contributed by atoms with Crippen molar-refractivity contribution in [2.45, 2.75) is 42.4 Å². The van der Waals surface area contributed by atoms with Gasteiger partial charge in [-0.05, 0) is 47.9 Å². The summed E-state index contributed by atoms with van der Waals surface area (Å²) in [4.78, 5) is 17.8. The van der Waals surface area contributed by atoms with Crippen molar-refractivity contribution in [3.63, 3.8) is 0 Å². The SMILES string of the molecule is COC(=O)CSCc1c2c3c(c(OCc4ccc(-c5ccccc5)cn4)ccc3n1Cc1ccc(Cl)cc1)CC(C)S2. The van der Waals surface area contributed by atoms with Gasteiger partial charge in [-0.1, -0.05) is 67.1 Å². The Labute approximate surface area is 259 Å². The van der Waals surface area contributed by atoms with E-state index in [9.17, 15) is 4.79 Å². The largest absolute Gasteiger partial charge is 0.487 e. The highest BCUT2D eigenvalue weighted by atomic mass is 35.5. The first-order valence-corrected chi connectivity index (χ1v) is 16.3. The van der Waals surface area contributed by atoms with Crippen LogP contribution in [0.25, 0.3) is 22.0 Å². The number of pyridine rings is 1. The van der Waals surface area contributed by atoms with Crippen LogP contribution in [0.4, 0.5) is 0 Å². The molecule has 2 aromatic heterocycles. The maximum Gasteiger partial charge on any atom is 0.315 e. The number of methoxy groups -OCH3 is 1. The molecule has 42 heavy (non-hydrogen) atoms. The van der Waals surface area contributed by atoms with Gasteiger partial charge in [0.15, 0.2) is 0 Å². The van der Waals surface area contributed by atoms with Crippen molar-refractivity contribution >= 4 is 52.0 Å². The zero-order valence-corrected chi connectivity index (χ0v) is 25.9. The fourth-order valence-electron chi connectivity index (χ4n) is 5.35. The van der Waals surface area contributed by atoms with Crippen LogP contribution in [-0.2, 0) is 34.9 Å². The maximum atomic E-state index is 11.9. The molecule has 1 aliphatic rings. The lowest BCUT2D eigenvalue weighted by Gasteiger charge is -2.22. The van der Waals surface area contributed by atoms with E-state index in [0.717, 1.165) is 34.0 Å². The van der Waals surface area contributed by atoms with Crippen LogP contribution in [-0.4, -0.2) is 33.6 Å². The average Bonchev–Trinajstić information content (AvgIpc) is 3.30. The summed E-state index contributed by atoms with van der Waals surface area (Å²) in [5.74, 6) is 1.72. The van der Waals surface area contributed by atoms with Gasteiger partial charge in [-0.25, -0.2) is 0 Å². The second-order valence-corrected chi connectivity index (χ2v) is 13.2. The molecule has 1 unspecified atom stereocenters.